The molecular weight excluding hydrogens is 444 g/mol. The maximum atomic E-state index is 5.07. The van der Waals surface area contributed by atoms with Crippen molar-refractivity contribution in [3.05, 3.63) is 12.4 Å². The SMILES string of the molecule is C[N-][Si](C)(C)C1C2CCCCC2C2C3CC(C)CCC3P(C)C21.[CH3-].[Cl][Ti][Cl]. The fourth-order valence-electron chi connectivity index (χ4n) is 7.59. The van der Waals surface area contributed by atoms with Crippen molar-refractivity contribution in [1.82, 2.24) is 0 Å². The van der Waals surface area contributed by atoms with Crippen molar-refractivity contribution in [1.29, 1.82) is 0 Å². The molecule has 158 valence electrons. The molecule has 0 bridgehead atoms. The molecule has 1 nitrogen and oxygen atoms in total. The summed E-state index contributed by atoms with van der Waals surface area (Å²) in [4.78, 5) is 5.07. The molecule has 0 radical (unpaired) electrons. The molecule has 27 heavy (non-hydrogen) atoms. The zero-order valence-corrected chi connectivity index (χ0v) is 23.2. The third kappa shape index (κ3) is 4.73. The van der Waals surface area contributed by atoms with E-state index in [1.807, 2.05) is 0 Å². The molecule has 1 aliphatic heterocycles. The molecule has 1 saturated heterocycles. The van der Waals surface area contributed by atoms with Crippen molar-refractivity contribution in [2.75, 3.05) is 13.7 Å². The van der Waals surface area contributed by atoms with E-state index in [-0.39, 0.29) is 15.3 Å². The van der Waals surface area contributed by atoms with Crippen LogP contribution in [0.1, 0.15) is 51.9 Å². The molecule has 3 saturated carbocycles. The predicted octanol–water partition coefficient (Wildman–Crippen LogP) is 8.13. The van der Waals surface area contributed by atoms with Gasteiger partial charge in [0.25, 0.3) is 0 Å². The molecule has 0 N–H and O–H groups in total. The number of hydrogen-bond donors (Lipinski definition) is 0. The zero-order chi connectivity index (χ0) is 19.1. The second-order valence-electron chi connectivity index (χ2n) is 9.97. The summed E-state index contributed by atoms with van der Waals surface area (Å²) in [6.45, 7) is 10.4. The number of halogens is 2. The van der Waals surface area contributed by atoms with E-state index < -0.39 is 25.3 Å². The Morgan fingerprint density at radius 3 is 2.19 bits per heavy atom. The minimum atomic E-state index is -1.42. The topological polar surface area (TPSA) is 14.1 Å². The van der Waals surface area contributed by atoms with Crippen LogP contribution in [0.4, 0.5) is 0 Å². The first-order valence-electron chi connectivity index (χ1n) is 10.7. The second-order valence-corrected chi connectivity index (χ2v) is 19.6. The molecule has 0 spiro atoms. The average Bonchev–Trinajstić information content (AvgIpc) is 3.10. The van der Waals surface area contributed by atoms with Crippen molar-refractivity contribution in [3.8, 4) is 0 Å². The Hall–Kier alpha value is 1.90. The molecule has 0 amide bonds. The van der Waals surface area contributed by atoms with Crippen molar-refractivity contribution in [2.45, 2.75) is 81.8 Å². The van der Waals surface area contributed by atoms with Gasteiger partial charge >= 0.3 is 35.6 Å². The summed E-state index contributed by atoms with van der Waals surface area (Å²) < 4.78 is 0. The van der Waals surface area contributed by atoms with Crippen LogP contribution >= 0.6 is 26.5 Å². The Balaban J connectivity index is 0.000000614. The van der Waals surface area contributed by atoms with E-state index in [0.29, 0.717) is 0 Å². The Bertz CT molecular complexity index is 483. The van der Waals surface area contributed by atoms with Crippen molar-refractivity contribution in [3.63, 3.8) is 0 Å². The number of fused-ring (bicyclic) bond motifs is 5. The number of hydrogen-bond acceptors (Lipinski definition) is 0. The first-order chi connectivity index (χ1) is 12.4. The summed E-state index contributed by atoms with van der Waals surface area (Å²) in [7, 11) is 10.8. The van der Waals surface area contributed by atoms with Crippen LogP contribution in [-0.2, 0) is 17.0 Å². The van der Waals surface area contributed by atoms with Gasteiger partial charge in [0.2, 0.25) is 0 Å². The molecule has 0 aromatic heterocycles. The van der Waals surface area contributed by atoms with Gasteiger partial charge in [-0.05, 0) is 66.8 Å². The Kier molecular flexibility index (Phi) is 9.76. The fourth-order valence-corrected chi connectivity index (χ4v) is 15.8. The maximum absolute atomic E-state index is 5.07. The molecule has 3 aliphatic carbocycles. The molecule has 9 atom stereocenters. The summed E-state index contributed by atoms with van der Waals surface area (Å²) in [5, 5.41) is 0. The van der Waals surface area contributed by atoms with Crippen molar-refractivity contribution >= 4 is 34.8 Å². The quantitative estimate of drug-likeness (QED) is 0.214. The van der Waals surface area contributed by atoms with E-state index in [4.69, 9.17) is 23.6 Å². The van der Waals surface area contributed by atoms with Crippen LogP contribution in [-0.4, -0.2) is 33.3 Å². The van der Waals surface area contributed by atoms with E-state index in [1.54, 1.807) is 25.7 Å². The molecule has 4 aliphatic rings. The van der Waals surface area contributed by atoms with Gasteiger partial charge in [-0.25, -0.2) is 0 Å². The van der Waals surface area contributed by atoms with Gasteiger partial charge in [0, 0.05) is 0 Å². The van der Waals surface area contributed by atoms with Gasteiger partial charge in [-0.1, -0.05) is 59.5 Å². The molecular formula is C21H40Cl2NPSiTi-2. The first kappa shape index (κ1) is 25.2. The normalized spacial score (nSPS) is 45.5. The van der Waals surface area contributed by atoms with E-state index >= 15 is 0 Å². The van der Waals surface area contributed by atoms with E-state index in [9.17, 15) is 0 Å². The summed E-state index contributed by atoms with van der Waals surface area (Å²) in [5.74, 6) is 5.38. The van der Waals surface area contributed by atoms with E-state index in [2.05, 4.69) is 33.7 Å². The number of nitrogens with zero attached hydrogens (tertiary/aromatic N) is 1. The van der Waals surface area contributed by atoms with Crippen molar-refractivity contribution in [2.24, 2.45) is 29.6 Å². The molecule has 4 rings (SSSR count). The van der Waals surface area contributed by atoms with Crippen LogP contribution < -0.4 is 0 Å². The zero-order valence-electron chi connectivity index (χ0n) is 18.2. The van der Waals surface area contributed by atoms with Crippen LogP contribution in [0.25, 0.3) is 4.98 Å². The summed E-state index contributed by atoms with van der Waals surface area (Å²) in [5.41, 5.74) is 3.26. The van der Waals surface area contributed by atoms with Gasteiger partial charge in [0.15, 0.2) is 0 Å². The van der Waals surface area contributed by atoms with Gasteiger partial charge in [-0.2, -0.15) is 7.05 Å². The van der Waals surface area contributed by atoms with Crippen LogP contribution in [0, 0.1) is 37.0 Å². The molecule has 0 aromatic rings. The van der Waals surface area contributed by atoms with Gasteiger partial charge in [-0.15, -0.1) is 7.92 Å². The van der Waals surface area contributed by atoms with Gasteiger partial charge < -0.3 is 12.4 Å². The molecule has 0 aromatic carbocycles. The standard InChI is InChI=1S/C20H37NPSi.CH3.2ClH.Ti/c1-13-10-11-17-16(12-13)18-14-8-6-7-9-15(14)20(19(18)22(17)3)23(4,5)21-2;;;;/h13-20H,6-12H2,1-5H3;1H3;2*1H;/q2*-1;;;+2/p-2. The van der Waals surface area contributed by atoms with Gasteiger partial charge in [0.05, 0.1) is 0 Å². The fraction of sp³-hybridized carbons (Fsp3) is 0.952. The Morgan fingerprint density at radius 2 is 1.59 bits per heavy atom. The third-order valence-electron chi connectivity index (χ3n) is 8.60. The minimum absolute atomic E-state index is 0. The molecule has 4 fully saturated rings. The number of rotatable bonds is 2. The van der Waals surface area contributed by atoms with Crippen LogP contribution in [0.5, 0.6) is 0 Å². The van der Waals surface area contributed by atoms with Gasteiger partial charge in [-0.3, -0.25) is 0 Å². The van der Waals surface area contributed by atoms with E-state index in [1.165, 1.54) is 19.3 Å². The van der Waals surface area contributed by atoms with Crippen LogP contribution in [0.2, 0.25) is 18.6 Å². The summed E-state index contributed by atoms with van der Waals surface area (Å²) in [6.07, 6.45) is 10.8. The monoisotopic (exact) mass is 483 g/mol. The first-order valence-corrected chi connectivity index (χ1v) is 19.9. The third-order valence-corrected chi connectivity index (χ3v) is 15.7. The van der Waals surface area contributed by atoms with Gasteiger partial charge in [0.1, 0.15) is 0 Å². The Morgan fingerprint density at radius 1 is 1.00 bits per heavy atom. The van der Waals surface area contributed by atoms with Crippen LogP contribution in [0.15, 0.2) is 0 Å². The summed E-state index contributed by atoms with van der Waals surface area (Å²) >= 11 is -0.556. The Labute approximate surface area is 188 Å². The second kappa shape index (κ2) is 10.5. The molecule has 9 unspecified atom stereocenters. The average molecular weight is 484 g/mol. The van der Waals surface area contributed by atoms with E-state index in [0.717, 1.165) is 46.4 Å². The summed E-state index contributed by atoms with van der Waals surface area (Å²) in [6, 6.07) is 0. The molecule has 6 heteroatoms. The molecule has 1 heterocycles. The van der Waals surface area contributed by atoms with Crippen molar-refractivity contribution < 1.29 is 17.0 Å². The predicted molar refractivity (Wildman–Crippen MR) is 124 cm³/mol. The van der Waals surface area contributed by atoms with Crippen LogP contribution in [0.3, 0.4) is 0 Å².